The molecule has 3 amide bonds. The van der Waals surface area contributed by atoms with E-state index in [9.17, 15) is 19.2 Å². The molecular weight excluding hydrogens is 494 g/mol. The highest BCUT2D eigenvalue weighted by molar-refractivity contribution is 5.91. The molecular formula is C31H47N3O5. The molecule has 2 saturated heterocycles. The zero-order valence-electron chi connectivity index (χ0n) is 24.4. The summed E-state index contributed by atoms with van der Waals surface area (Å²) in [4.78, 5) is 54.5. The van der Waals surface area contributed by atoms with Crippen LogP contribution in [0.5, 0.6) is 0 Å². The number of nitrogens with two attached hydrogens (primary N) is 1. The molecule has 2 N–H and O–H groups in total. The van der Waals surface area contributed by atoms with E-state index >= 15 is 0 Å². The van der Waals surface area contributed by atoms with E-state index in [1.54, 1.807) is 4.90 Å². The number of carbonyl (C=O) groups is 4. The van der Waals surface area contributed by atoms with Gasteiger partial charge in [-0.1, -0.05) is 44.5 Å². The summed E-state index contributed by atoms with van der Waals surface area (Å²) in [5.74, 6) is -0.625. The Bertz CT molecular complexity index is 1010. The molecule has 0 radical (unpaired) electrons. The summed E-state index contributed by atoms with van der Waals surface area (Å²) in [5, 5.41) is 0. The van der Waals surface area contributed by atoms with Crippen LogP contribution in [0.3, 0.4) is 0 Å². The maximum atomic E-state index is 13.6. The number of rotatable bonds is 9. The van der Waals surface area contributed by atoms with Crippen LogP contribution in [0.25, 0.3) is 0 Å². The van der Waals surface area contributed by atoms with E-state index in [2.05, 4.69) is 12.1 Å². The van der Waals surface area contributed by atoms with Crippen LogP contribution in [-0.4, -0.2) is 64.8 Å². The van der Waals surface area contributed by atoms with Crippen LogP contribution in [0.1, 0.15) is 96.6 Å². The standard InChI is InChI=1S/C31H47N3O5/c1-6-22-9-8-16-34(30(38)39-31(3,4)5)28(22)26(35)20-25(29(32)37)19-21-10-12-23(13-11-21)24-14-17-33(18-15-24)27(36)7-2/h10-13,22,24-25,28H,6-9,14-20H2,1-5H3,(H2,32,37)/t22-,25-,28+/m1/s1. The molecule has 0 aromatic heterocycles. The second kappa shape index (κ2) is 13.4. The van der Waals surface area contributed by atoms with Crippen molar-refractivity contribution in [2.75, 3.05) is 19.6 Å². The summed E-state index contributed by atoms with van der Waals surface area (Å²) >= 11 is 0. The van der Waals surface area contributed by atoms with Crippen LogP contribution < -0.4 is 5.73 Å². The Morgan fingerprint density at radius 1 is 1.00 bits per heavy atom. The average Bonchev–Trinajstić information content (AvgIpc) is 2.91. The van der Waals surface area contributed by atoms with Gasteiger partial charge in [0.15, 0.2) is 5.78 Å². The van der Waals surface area contributed by atoms with Crippen LogP contribution >= 0.6 is 0 Å². The lowest BCUT2D eigenvalue weighted by molar-refractivity contribution is -0.132. The Labute approximate surface area is 233 Å². The van der Waals surface area contributed by atoms with Gasteiger partial charge in [0, 0.05) is 38.4 Å². The number of amides is 3. The van der Waals surface area contributed by atoms with E-state index in [0.29, 0.717) is 25.3 Å². The fourth-order valence-corrected chi connectivity index (χ4v) is 6.00. The van der Waals surface area contributed by atoms with Crippen molar-refractivity contribution >= 4 is 23.7 Å². The van der Waals surface area contributed by atoms with Crippen LogP contribution in [0.2, 0.25) is 0 Å². The highest BCUT2D eigenvalue weighted by Gasteiger charge is 2.41. The molecule has 3 atom stereocenters. The largest absolute Gasteiger partial charge is 0.444 e. The van der Waals surface area contributed by atoms with Gasteiger partial charge in [0.2, 0.25) is 11.8 Å². The molecule has 8 nitrogen and oxygen atoms in total. The third-order valence-corrected chi connectivity index (χ3v) is 8.17. The number of hydrogen-bond acceptors (Lipinski definition) is 5. The van der Waals surface area contributed by atoms with Crippen LogP contribution in [0.15, 0.2) is 24.3 Å². The molecule has 216 valence electrons. The normalized spacial score (nSPS) is 21.4. The lowest BCUT2D eigenvalue weighted by Gasteiger charge is -2.41. The zero-order chi connectivity index (χ0) is 28.7. The minimum Gasteiger partial charge on any atom is -0.444 e. The molecule has 0 saturated carbocycles. The quantitative estimate of drug-likeness (QED) is 0.481. The zero-order valence-corrected chi connectivity index (χ0v) is 24.4. The van der Waals surface area contributed by atoms with E-state index in [1.165, 1.54) is 5.56 Å². The summed E-state index contributed by atoms with van der Waals surface area (Å²) in [7, 11) is 0. The van der Waals surface area contributed by atoms with Gasteiger partial charge in [-0.3, -0.25) is 19.3 Å². The molecule has 2 aliphatic rings. The molecule has 2 heterocycles. The summed E-state index contributed by atoms with van der Waals surface area (Å²) < 4.78 is 5.61. The fraction of sp³-hybridized carbons (Fsp3) is 0.677. The molecule has 0 unspecified atom stereocenters. The number of Topliss-reactive ketones (excluding diaryl/α,β-unsaturated/α-hetero) is 1. The number of ether oxygens (including phenoxy) is 1. The van der Waals surface area contributed by atoms with Gasteiger partial charge in [-0.05, 0) is 75.8 Å². The van der Waals surface area contributed by atoms with Crippen molar-refractivity contribution in [2.24, 2.45) is 17.6 Å². The Kier molecular flexibility index (Phi) is 10.6. The Balaban J connectivity index is 1.66. The second-order valence-electron chi connectivity index (χ2n) is 12.2. The smallest absolute Gasteiger partial charge is 0.410 e. The van der Waals surface area contributed by atoms with Gasteiger partial charge in [0.1, 0.15) is 5.60 Å². The maximum Gasteiger partial charge on any atom is 0.410 e. The number of benzene rings is 1. The number of likely N-dealkylation sites (tertiary alicyclic amines) is 2. The molecule has 3 rings (SSSR count). The van der Waals surface area contributed by atoms with Gasteiger partial charge in [-0.2, -0.15) is 0 Å². The third-order valence-electron chi connectivity index (χ3n) is 8.17. The number of carbonyl (C=O) groups excluding carboxylic acids is 4. The SMILES string of the molecule is CCC(=O)N1CCC(c2ccc(C[C@H](CC(=O)[C@@H]3[C@H](CC)CCCN3C(=O)OC(C)(C)C)C(N)=O)cc2)CC1. The lowest BCUT2D eigenvalue weighted by Crippen LogP contribution is -2.54. The lowest BCUT2D eigenvalue weighted by atomic mass is 9.81. The Morgan fingerprint density at radius 3 is 2.18 bits per heavy atom. The molecule has 8 heteroatoms. The second-order valence-corrected chi connectivity index (χ2v) is 12.2. The molecule has 2 aliphatic heterocycles. The first-order valence-corrected chi connectivity index (χ1v) is 14.6. The van der Waals surface area contributed by atoms with Crippen LogP contribution in [0, 0.1) is 11.8 Å². The molecule has 2 fully saturated rings. The molecule has 0 aliphatic carbocycles. The highest BCUT2D eigenvalue weighted by atomic mass is 16.6. The predicted octanol–water partition coefficient (Wildman–Crippen LogP) is 4.83. The van der Waals surface area contributed by atoms with Gasteiger partial charge >= 0.3 is 6.09 Å². The van der Waals surface area contributed by atoms with Crippen molar-refractivity contribution in [1.29, 1.82) is 0 Å². The molecule has 0 bridgehead atoms. The highest BCUT2D eigenvalue weighted by Crippen LogP contribution is 2.31. The van der Waals surface area contributed by atoms with Crippen molar-refractivity contribution in [3.05, 3.63) is 35.4 Å². The van der Waals surface area contributed by atoms with Gasteiger partial charge < -0.3 is 15.4 Å². The van der Waals surface area contributed by atoms with Gasteiger partial charge in [0.05, 0.1) is 6.04 Å². The molecule has 1 aromatic rings. The summed E-state index contributed by atoms with van der Waals surface area (Å²) in [5.41, 5.74) is 7.30. The summed E-state index contributed by atoms with van der Waals surface area (Å²) in [6.45, 7) is 11.4. The molecule has 0 spiro atoms. The van der Waals surface area contributed by atoms with Crippen molar-refractivity contribution in [1.82, 2.24) is 9.80 Å². The number of hydrogen-bond donors (Lipinski definition) is 1. The van der Waals surface area contributed by atoms with Crippen molar-refractivity contribution in [3.8, 4) is 0 Å². The number of primary amides is 1. The van der Waals surface area contributed by atoms with Crippen LogP contribution in [0.4, 0.5) is 4.79 Å². The van der Waals surface area contributed by atoms with Gasteiger partial charge in [-0.15, -0.1) is 0 Å². The number of nitrogens with zero attached hydrogens (tertiary/aromatic N) is 2. The minimum atomic E-state index is -0.657. The number of ketones is 1. The van der Waals surface area contributed by atoms with E-state index < -0.39 is 29.6 Å². The van der Waals surface area contributed by atoms with Crippen molar-refractivity contribution in [3.63, 3.8) is 0 Å². The predicted molar refractivity (Wildman–Crippen MR) is 151 cm³/mol. The van der Waals surface area contributed by atoms with E-state index in [1.807, 2.05) is 51.7 Å². The van der Waals surface area contributed by atoms with E-state index in [4.69, 9.17) is 10.5 Å². The van der Waals surface area contributed by atoms with E-state index in [-0.39, 0.29) is 24.0 Å². The fourth-order valence-electron chi connectivity index (χ4n) is 6.00. The van der Waals surface area contributed by atoms with Gasteiger partial charge in [0.25, 0.3) is 0 Å². The van der Waals surface area contributed by atoms with Crippen molar-refractivity contribution < 1.29 is 23.9 Å². The average molecular weight is 542 g/mol. The van der Waals surface area contributed by atoms with Gasteiger partial charge in [-0.25, -0.2) is 4.79 Å². The maximum absolute atomic E-state index is 13.6. The molecule has 1 aromatic carbocycles. The topological polar surface area (TPSA) is 110 Å². The van der Waals surface area contributed by atoms with Crippen molar-refractivity contribution in [2.45, 2.75) is 104 Å². The first kappa shape index (κ1) is 30.6. The van der Waals surface area contributed by atoms with E-state index in [0.717, 1.165) is 50.8 Å². The first-order chi connectivity index (χ1) is 18.4. The summed E-state index contributed by atoms with van der Waals surface area (Å²) in [6, 6.07) is 7.61. The third kappa shape index (κ3) is 8.29. The molecule has 39 heavy (non-hydrogen) atoms. The Morgan fingerprint density at radius 2 is 1.64 bits per heavy atom. The minimum absolute atomic E-state index is 0.00145. The summed E-state index contributed by atoms with van der Waals surface area (Å²) in [6.07, 6.45) is 4.78. The monoisotopic (exact) mass is 541 g/mol. The van der Waals surface area contributed by atoms with Crippen LogP contribution in [-0.2, 0) is 25.5 Å². The number of piperidine rings is 2. The Hall–Kier alpha value is -2.90. The first-order valence-electron chi connectivity index (χ1n) is 14.6.